The number of halogens is 1. The monoisotopic (exact) mass is 437 g/mol. The zero-order valence-corrected chi connectivity index (χ0v) is 18.3. The van der Waals surface area contributed by atoms with Crippen molar-refractivity contribution < 1.29 is 9.18 Å². The lowest BCUT2D eigenvalue weighted by molar-refractivity contribution is -0.127. The van der Waals surface area contributed by atoms with E-state index in [9.17, 15) is 9.18 Å². The van der Waals surface area contributed by atoms with E-state index in [-0.39, 0.29) is 29.7 Å². The molecule has 1 aromatic carbocycles. The van der Waals surface area contributed by atoms with Crippen LogP contribution in [0.25, 0.3) is 0 Å². The van der Waals surface area contributed by atoms with Crippen molar-refractivity contribution in [2.75, 3.05) is 13.1 Å². The third-order valence-corrected chi connectivity index (χ3v) is 7.39. The molecule has 0 bridgehead atoms. The van der Waals surface area contributed by atoms with Crippen molar-refractivity contribution in [1.82, 2.24) is 26.1 Å². The van der Waals surface area contributed by atoms with E-state index in [4.69, 9.17) is 0 Å². The molecule has 3 aliphatic rings. The van der Waals surface area contributed by atoms with Gasteiger partial charge in [0.1, 0.15) is 5.82 Å². The largest absolute Gasteiger partial charge is 0.352 e. The maximum Gasteiger partial charge on any atom is 0.223 e. The Hall–Kier alpha value is -2.35. The molecule has 32 heavy (non-hydrogen) atoms. The fourth-order valence-electron chi connectivity index (χ4n) is 5.70. The molecule has 2 saturated heterocycles. The van der Waals surface area contributed by atoms with Gasteiger partial charge in [-0.2, -0.15) is 0 Å². The summed E-state index contributed by atoms with van der Waals surface area (Å²) in [7, 11) is 0. The van der Waals surface area contributed by atoms with Crippen LogP contribution in [0, 0.1) is 17.7 Å². The number of carbonyl (C=O) groups excluding carboxylic acids is 1. The van der Waals surface area contributed by atoms with Gasteiger partial charge in [0.05, 0.1) is 6.04 Å². The number of pyridine rings is 1. The summed E-state index contributed by atoms with van der Waals surface area (Å²) in [6.45, 7) is 2.32. The van der Waals surface area contributed by atoms with E-state index in [2.05, 4.69) is 38.2 Å². The smallest absolute Gasteiger partial charge is 0.223 e. The van der Waals surface area contributed by atoms with Crippen molar-refractivity contribution in [3.05, 3.63) is 65.7 Å². The Kier molecular flexibility index (Phi) is 6.48. The van der Waals surface area contributed by atoms with Crippen molar-refractivity contribution in [2.24, 2.45) is 11.8 Å². The van der Waals surface area contributed by atoms with Gasteiger partial charge in [0.25, 0.3) is 0 Å². The SMILES string of the molecule is O=C(N[C@@H]1CCCN(Cc2ccccc2F)C1)C1CCC2NNC(c3ccncc3)C2C1. The van der Waals surface area contributed by atoms with Crippen LogP contribution in [0.4, 0.5) is 4.39 Å². The van der Waals surface area contributed by atoms with Gasteiger partial charge in [0.15, 0.2) is 0 Å². The van der Waals surface area contributed by atoms with Crippen molar-refractivity contribution in [1.29, 1.82) is 0 Å². The number of hydrazine groups is 1. The Bertz CT molecular complexity index is 926. The van der Waals surface area contributed by atoms with Crippen molar-refractivity contribution in [2.45, 2.75) is 56.8 Å². The minimum atomic E-state index is -0.155. The van der Waals surface area contributed by atoms with E-state index in [0.717, 1.165) is 50.8 Å². The van der Waals surface area contributed by atoms with Crippen molar-refractivity contribution >= 4 is 5.91 Å². The van der Waals surface area contributed by atoms with Crippen molar-refractivity contribution in [3.63, 3.8) is 0 Å². The highest BCUT2D eigenvalue weighted by molar-refractivity contribution is 5.79. The zero-order chi connectivity index (χ0) is 21.9. The van der Waals surface area contributed by atoms with Gasteiger partial charge in [-0.3, -0.25) is 20.1 Å². The molecule has 4 unspecified atom stereocenters. The van der Waals surface area contributed by atoms with Crippen LogP contribution >= 0.6 is 0 Å². The molecule has 0 spiro atoms. The molecule has 2 aliphatic heterocycles. The molecule has 1 saturated carbocycles. The summed E-state index contributed by atoms with van der Waals surface area (Å²) in [5.41, 5.74) is 8.83. The maximum atomic E-state index is 14.0. The van der Waals surface area contributed by atoms with Gasteiger partial charge >= 0.3 is 0 Å². The minimum absolute atomic E-state index is 0.0456. The first-order valence-electron chi connectivity index (χ1n) is 11.8. The molecule has 5 atom stereocenters. The number of likely N-dealkylation sites (tertiary alicyclic amines) is 1. The number of hydrogen-bond acceptors (Lipinski definition) is 5. The average molecular weight is 438 g/mol. The van der Waals surface area contributed by atoms with Gasteiger partial charge in [0, 0.05) is 49.0 Å². The molecule has 3 fully saturated rings. The normalized spacial score (nSPS) is 30.6. The first-order chi connectivity index (χ1) is 15.7. The maximum absolute atomic E-state index is 14.0. The fraction of sp³-hybridized carbons (Fsp3) is 0.520. The molecule has 7 heteroatoms. The molecule has 0 radical (unpaired) electrons. The molecule has 6 nitrogen and oxygen atoms in total. The number of amides is 1. The molecular weight excluding hydrogens is 405 g/mol. The summed E-state index contributed by atoms with van der Waals surface area (Å²) in [5.74, 6) is 0.467. The highest BCUT2D eigenvalue weighted by Gasteiger charge is 2.43. The number of piperidine rings is 1. The molecule has 5 rings (SSSR count). The Labute approximate surface area is 189 Å². The summed E-state index contributed by atoms with van der Waals surface area (Å²) in [5, 5.41) is 3.33. The third-order valence-electron chi connectivity index (χ3n) is 7.39. The summed E-state index contributed by atoms with van der Waals surface area (Å²) < 4.78 is 14.0. The van der Waals surface area contributed by atoms with Crippen LogP contribution in [0.5, 0.6) is 0 Å². The lowest BCUT2D eigenvalue weighted by Gasteiger charge is -2.36. The summed E-state index contributed by atoms with van der Waals surface area (Å²) in [6, 6.07) is 11.8. The topological polar surface area (TPSA) is 69.3 Å². The van der Waals surface area contributed by atoms with Gasteiger partial charge in [-0.1, -0.05) is 18.2 Å². The molecule has 1 aliphatic carbocycles. The summed E-state index contributed by atoms with van der Waals surface area (Å²) in [4.78, 5) is 19.6. The molecule has 170 valence electrons. The van der Waals surface area contributed by atoms with Crippen LogP contribution in [0.3, 0.4) is 0 Å². The Morgan fingerprint density at radius 1 is 1.12 bits per heavy atom. The number of rotatable bonds is 5. The van der Waals surface area contributed by atoms with Crippen LogP contribution < -0.4 is 16.2 Å². The van der Waals surface area contributed by atoms with E-state index in [1.807, 2.05) is 24.5 Å². The van der Waals surface area contributed by atoms with Crippen LogP contribution in [0.1, 0.15) is 49.3 Å². The van der Waals surface area contributed by atoms with E-state index in [0.29, 0.717) is 18.5 Å². The van der Waals surface area contributed by atoms with Gasteiger partial charge in [-0.25, -0.2) is 9.82 Å². The quantitative estimate of drug-likeness (QED) is 0.671. The summed E-state index contributed by atoms with van der Waals surface area (Å²) >= 11 is 0. The van der Waals surface area contributed by atoms with Gasteiger partial charge in [0.2, 0.25) is 5.91 Å². The number of nitrogens with zero attached hydrogens (tertiary/aromatic N) is 2. The van der Waals surface area contributed by atoms with Crippen LogP contribution in [-0.4, -0.2) is 41.0 Å². The molecule has 3 N–H and O–H groups in total. The molecule has 3 heterocycles. The van der Waals surface area contributed by atoms with Gasteiger partial charge < -0.3 is 5.32 Å². The first kappa shape index (κ1) is 21.5. The highest BCUT2D eigenvalue weighted by atomic mass is 19.1. The average Bonchev–Trinajstić information content (AvgIpc) is 3.25. The number of fused-ring (bicyclic) bond motifs is 1. The van der Waals surface area contributed by atoms with E-state index in [1.165, 1.54) is 11.6 Å². The fourth-order valence-corrected chi connectivity index (χ4v) is 5.70. The van der Waals surface area contributed by atoms with Crippen LogP contribution in [-0.2, 0) is 11.3 Å². The highest BCUT2D eigenvalue weighted by Crippen LogP contribution is 2.40. The Morgan fingerprint density at radius 2 is 1.97 bits per heavy atom. The Morgan fingerprint density at radius 3 is 2.81 bits per heavy atom. The van der Waals surface area contributed by atoms with E-state index >= 15 is 0 Å². The minimum Gasteiger partial charge on any atom is -0.352 e. The zero-order valence-electron chi connectivity index (χ0n) is 18.3. The van der Waals surface area contributed by atoms with Crippen LogP contribution in [0.2, 0.25) is 0 Å². The summed E-state index contributed by atoms with van der Waals surface area (Å²) in [6.07, 6.45) is 8.46. The third kappa shape index (κ3) is 4.70. The second kappa shape index (κ2) is 9.65. The molecular formula is C25H32FN5O. The predicted octanol–water partition coefficient (Wildman–Crippen LogP) is 2.94. The van der Waals surface area contributed by atoms with Crippen LogP contribution in [0.15, 0.2) is 48.8 Å². The lowest BCUT2D eigenvalue weighted by Crippen LogP contribution is -2.50. The van der Waals surface area contributed by atoms with Crippen molar-refractivity contribution in [3.8, 4) is 0 Å². The predicted molar refractivity (Wildman–Crippen MR) is 121 cm³/mol. The van der Waals surface area contributed by atoms with Gasteiger partial charge in [-0.15, -0.1) is 0 Å². The van der Waals surface area contributed by atoms with E-state index < -0.39 is 0 Å². The number of aromatic nitrogens is 1. The second-order valence-corrected chi connectivity index (χ2v) is 9.50. The number of carbonyl (C=O) groups is 1. The molecule has 1 aromatic heterocycles. The molecule has 2 aromatic rings. The molecule has 1 amide bonds. The van der Waals surface area contributed by atoms with Gasteiger partial charge in [-0.05, 0) is 68.3 Å². The second-order valence-electron chi connectivity index (χ2n) is 9.50. The first-order valence-corrected chi connectivity index (χ1v) is 11.8. The van der Waals surface area contributed by atoms with E-state index in [1.54, 1.807) is 6.07 Å². The number of benzene rings is 1. The Balaban J connectivity index is 1.17. The standard InChI is InChI=1S/C25H32FN5O/c26-22-6-2-1-4-19(22)15-31-13-3-5-20(16-31)28-25(32)18-7-8-23-21(14-18)24(30-29-23)17-9-11-27-12-10-17/h1-2,4,6,9-12,18,20-21,23-24,29-30H,3,5,7-8,13-16H2,(H,28,32)/t18?,20-,21?,23?,24?/m1/s1. The number of nitrogens with one attached hydrogen (secondary N) is 3. The lowest BCUT2D eigenvalue weighted by atomic mass is 9.74. The number of hydrogen-bond donors (Lipinski definition) is 3.